The smallest absolute Gasteiger partial charge is 0.407 e. The van der Waals surface area contributed by atoms with Crippen LogP contribution in [0.1, 0.15) is 49.3 Å². The van der Waals surface area contributed by atoms with Crippen LogP contribution in [0.5, 0.6) is 0 Å². The van der Waals surface area contributed by atoms with Gasteiger partial charge >= 0.3 is 6.09 Å². The SMILES string of the molecule is CC(C)(C)OC(=O)NCc1ccc(-c2cnccc2-c2ccoc2)s1.CCOCC.Cl.ClCCl.NCc1ccc(-c2cnccc2-c2ccoc2)s1.NCc1ccc(-c2cnccc2-c2ccoc2)s1. The number of amides is 1. The highest BCUT2D eigenvalue weighted by molar-refractivity contribution is 7.16. The van der Waals surface area contributed by atoms with Gasteiger partial charge in [0.2, 0.25) is 0 Å². The normalized spacial score (nSPS) is 10.4. The van der Waals surface area contributed by atoms with Gasteiger partial charge in [0.25, 0.3) is 0 Å². The number of aromatic nitrogens is 3. The molecule has 0 saturated heterocycles. The molecule has 0 unspecified atom stereocenters. The molecule has 9 heterocycles. The molecular weight excluding hydrogens is 1010 g/mol. The van der Waals surface area contributed by atoms with Crippen molar-refractivity contribution < 1.29 is 27.5 Å². The number of ether oxygens (including phenoxy) is 2. The van der Waals surface area contributed by atoms with E-state index in [9.17, 15) is 4.79 Å². The number of carbonyl (C=O) groups excluding carboxylic acids is 1. The Morgan fingerprint density at radius 2 is 0.943 bits per heavy atom. The predicted octanol–water partition coefficient (Wildman–Crippen LogP) is 15.0. The number of nitrogens with zero attached hydrogens (tertiary/aromatic N) is 3. The number of hydrogen-bond donors (Lipinski definition) is 3. The van der Waals surface area contributed by atoms with Crippen molar-refractivity contribution in [3.05, 3.63) is 162 Å². The second kappa shape index (κ2) is 30.2. The zero-order valence-corrected chi connectivity index (χ0v) is 44.2. The number of pyridine rings is 3. The molecule has 9 rings (SSSR count). The van der Waals surface area contributed by atoms with Crippen LogP contribution in [0.25, 0.3) is 64.7 Å². The fourth-order valence-corrected chi connectivity index (χ4v) is 9.13. The number of nitrogens with one attached hydrogen (secondary N) is 1. The fourth-order valence-electron chi connectivity index (χ4n) is 6.34. The monoisotopic (exact) mass is 1060 g/mol. The van der Waals surface area contributed by atoms with E-state index in [1.165, 1.54) is 19.5 Å². The van der Waals surface area contributed by atoms with Crippen molar-refractivity contribution in [2.45, 2.75) is 59.9 Å². The molecule has 0 bridgehead atoms. The van der Waals surface area contributed by atoms with E-state index < -0.39 is 11.7 Å². The standard InChI is InChI=1S/C19H20N2O3S.2C14H12N2OS.C4H10O.CH2Cl2.ClH/c1-19(2,3)24-18(22)21-10-14-4-5-17(25-14)16-11-20-8-6-15(16)13-7-9-23-12-13;2*15-7-11-1-2-14(18-11)13-8-16-5-3-12(13)10-4-6-17-9-10;1-3-5-4-2;2-1-3;/h4-9,11-12H,10H2,1-3H3,(H,21,22);2*1-6,8-9H,7,15H2;3-4H2,1-2H3;1H2;1H. The number of thiophene rings is 3. The Labute approximate surface area is 437 Å². The van der Waals surface area contributed by atoms with Gasteiger partial charge in [0.05, 0.1) is 49.5 Å². The molecule has 0 aliphatic carbocycles. The fraction of sp³-hybridized carbons (Fsp3) is 0.231. The summed E-state index contributed by atoms with van der Waals surface area (Å²) in [6.45, 7) is 12.8. The summed E-state index contributed by atoms with van der Waals surface area (Å²) in [7, 11) is 0. The Morgan fingerprint density at radius 1 is 0.586 bits per heavy atom. The van der Waals surface area contributed by atoms with Crippen molar-refractivity contribution in [3.8, 4) is 64.7 Å². The molecule has 370 valence electrons. The van der Waals surface area contributed by atoms with Crippen LogP contribution in [0, 0.1) is 0 Å². The Hall–Kier alpha value is -5.59. The molecule has 0 saturated carbocycles. The Balaban J connectivity index is 0.000000213. The lowest BCUT2D eigenvalue weighted by Gasteiger charge is -2.19. The van der Waals surface area contributed by atoms with Crippen molar-refractivity contribution >= 4 is 75.7 Å². The number of carbonyl (C=O) groups is 1. The van der Waals surface area contributed by atoms with Gasteiger partial charge in [-0.3, -0.25) is 15.0 Å². The van der Waals surface area contributed by atoms with E-state index >= 15 is 0 Å². The lowest BCUT2D eigenvalue weighted by Crippen LogP contribution is -2.31. The minimum absolute atomic E-state index is 0. The molecule has 5 N–H and O–H groups in total. The maximum Gasteiger partial charge on any atom is 0.407 e. The molecule has 0 spiro atoms. The van der Waals surface area contributed by atoms with Crippen LogP contribution in [-0.4, -0.2) is 45.2 Å². The van der Waals surface area contributed by atoms with Crippen molar-refractivity contribution in [3.63, 3.8) is 0 Å². The Morgan fingerprint density at radius 3 is 1.23 bits per heavy atom. The Bertz CT molecular complexity index is 2710. The van der Waals surface area contributed by atoms with E-state index in [4.69, 9.17) is 57.4 Å². The first-order chi connectivity index (χ1) is 33.5. The van der Waals surface area contributed by atoms with E-state index in [1.54, 1.807) is 90.2 Å². The molecule has 0 fully saturated rings. The minimum Gasteiger partial charge on any atom is -0.472 e. The highest BCUT2D eigenvalue weighted by Gasteiger charge is 2.17. The number of furan rings is 3. The maximum atomic E-state index is 11.8. The highest BCUT2D eigenvalue weighted by Crippen LogP contribution is 2.38. The second-order valence-corrected chi connectivity index (χ2v) is 19.6. The first kappa shape index (κ1) is 57.0. The van der Waals surface area contributed by atoms with Gasteiger partial charge in [-0.05, 0) is 124 Å². The van der Waals surface area contributed by atoms with E-state index in [2.05, 4.69) is 44.5 Å². The highest BCUT2D eigenvalue weighted by atomic mass is 35.5. The molecule has 9 aromatic rings. The van der Waals surface area contributed by atoms with Crippen LogP contribution in [0.3, 0.4) is 0 Å². The van der Waals surface area contributed by atoms with Gasteiger partial charge < -0.3 is 39.5 Å². The van der Waals surface area contributed by atoms with Crippen molar-refractivity contribution in [2.24, 2.45) is 11.5 Å². The van der Waals surface area contributed by atoms with Gasteiger partial charge in [0.1, 0.15) is 5.60 Å². The van der Waals surface area contributed by atoms with Crippen LogP contribution < -0.4 is 16.8 Å². The van der Waals surface area contributed by atoms with Crippen molar-refractivity contribution in [1.29, 1.82) is 0 Å². The van der Waals surface area contributed by atoms with Crippen LogP contribution in [-0.2, 0) is 29.1 Å². The topological polar surface area (TPSA) is 178 Å². The third kappa shape index (κ3) is 17.7. The molecule has 1 amide bonds. The van der Waals surface area contributed by atoms with Crippen molar-refractivity contribution in [2.75, 3.05) is 18.6 Å². The molecule has 0 radical (unpaired) electrons. The average molecular weight is 1060 g/mol. The first-order valence-electron chi connectivity index (χ1n) is 21.8. The molecule has 12 nitrogen and oxygen atoms in total. The summed E-state index contributed by atoms with van der Waals surface area (Å²) in [6, 6.07) is 24.2. The van der Waals surface area contributed by atoms with Gasteiger partial charge in [-0.15, -0.1) is 69.6 Å². The van der Waals surface area contributed by atoms with Crippen molar-refractivity contribution in [1.82, 2.24) is 20.3 Å². The lowest BCUT2D eigenvalue weighted by atomic mass is 10.0. The summed E-state index contributed by atoms with van der Waals surface area (Å²) >= 11 is 14.5. The van der Waals surface area contributed by atoms with Gasteiger partial charge in [0.15, 0.2) is 0 Å². The third-order valence-corrected chi connectivity index (χ3v) is 12.8. The molecule has 0 aromatic carbocycles. The molecule has 18 heteroatoms. The van der Waals surface area contributed by atoms with E-state index in [0.717, 1.165) is 73.0 Å². The summed E-state index contributed by atoms with van der Waals surface area (Å²) in [5, 5.41) is 2.98. The molecule has 70 heavy (non-hydrogen) atoms. The van der Waals surface area contributed by atoms with Crippen LogP contribution in [0.4, 0.5) is 4.79 Å². The van der Waals surface area contributed by atoms with E-state index in [0.29, 0.717) is 19.6 Å². The van der Waals surface area contributed by atoms with E-state index in [-0.39, 0.29) is 17.7 Å². The van der Waals surface area contributed by atoms with E-state index in [1.807, 2.05) is 102 Å². The van der Waals surface area contributed by atoms with Gasteiger partial charge in [-0.1, -0.05) is 0 Å². The van der Waals surface area contributed by atoms with Gasteiger partial charge in [-0.25, -0.2) is 4.79 Å². The lowest BCUT2D eigenvalue weighted by molar-refractivity contribution is 0.0524. The largest absolute Gasteiger partial charge is 0.472 e. The zero-order chi connectivity index (χ0) is 49.4. The predicted molar refractivity (Wildman–Crippen MR) is 291 cm³/mol. The second-order valence-electron chi connectivity index (χ2n) is 15.2. The number of rotatable bonds is 12. The molecule has 0 aliphatic rings. The number of alkyl carbamates (subject to hydrolysis) is 1. The number of nitrogens with two attached hydrogens (primary N) is 2. The Kier molecular flexibility index (Phi) is 24.6. The number of halogens is 3. The molecule has 9 aromatic heterocycles. The van der Waals surface area contributed by atoms with Crippen LogP contribution in [0.2, 0.25) is 0 Å². The first-order valence-corrected chi connectivity index (χ1v) is 25.3. The summed E-state index contributed by atoms with van der Waals surface area (Å²) in [4.78, 5) is 31.3. The molecule has 0 aliphatic heterocycles. The summed E-state index contributed by atoms with van der Waals surface area (Å²) < 4.78 is 25.6. The molecule has 0 atom stereocenters. The average Bonchev–Trinajstić information content (AvgIpc) is 4.22. The zero-order valence-electron chi connectivity index (χ0n) is 39.4. The summed E-state index contributed by atoms with van der Waals surface area (Å²) in [5.41, 5.74) is 20.5. The summed E-state index contributed by atoms with van der Waals surface area (Å²) in [5.74, 6) is 0. The van der Waals surface area contributed by atoms with Crippen LogP contribution in [0.15, 0.2) is 161 Å². The number of alkyl halides is 2. The minimum atomic E-state index is -0.500. The number of hydrogen-bond acceptors (Lipinski definition) is 14. The van der Waals surface area contributed by atoms with Crippen LogP contribution >= 0.6 is 69.6 Å². The molecular formula is C52H57Cl3N6O6S3. The quantitative estimate of drug-likeness (QED) is 0.0992. The summed E-state index contributed by atoms with van der Waals surface area (Å²) in [6.07, 6.45) is 20.8. The maximum absolute atomic E-state index is 11.8. The van der Waals surface area contributed by atoms with Gasteiger partial charge in [-0.2, -0.15) is 0 Å². The third-order valence-electron chi connectivity index (χ3n) is 9.36. The van der Waals surface area contributed by atoms with Gasteiger partial charge in [0, 0.05) is 126 Å².